The third-order valence-corrected chi connectivity index (χ3v) is 6.59. The minimum atomic E-state index is 0.0984. The summed E-state index contributed by atoms with van der Waals surface area (Å²) in [6, 6.07) is 10.7. The van der Waals surface area contributed by atoms with E-state index in [1.807, 2.05) is 16.0 Å². The van der Waals surface area contributed by atoms with Gasteiger partial charge in [0.15, 0.2) is 5.16 Å². The molecule has 2 heterocycles. The molecule has 0 aliphatic rings. The molecule has 3 aromatic rings. The van der Waals surface area contributed by atoms with Crippen molar-refractivity contribution in [2.24, 2.45) is 5.92 Å². The highest BCUT2D eigenvalue weighted by Gasteiger charge is 2.15. The average Bonchev–Trinajstić information content (AvgIpc) is 3.07. The van der Waals surface area contributed by atoms with Crippen molar-refractivity contribution in [1.82, 2.24) is 9.55 Å². The molecule has 0 fully saturated rings. The Bertz CT molecular complexity index is 963. The van der Waals surface area contributed by atoms with Crippen LogP contribution in [0.3, 0.4) is 0 Å². The summed E-state index contributed by atoms with van der Waals surface area (Å²) in [7, 11) is 0. The topological polar surface area (TPSA) is 34.9 Å². The predicted molar refractivity (Wildman–Crippen MR) is 118 cm³/mol. The second-order valence-corrected chi connectivity index (χ2v) is 10.3. The van der Waals surface area contributed by atoms with Gasteiger partial charge in [-0.05, 0) is 40.3 Å². The van der Waals surface area contributed by atoms with E-state index >= 15 is 0 Å². The molecular formula is C22H28N2OS2. The number of rotatable bonds is 6. The molecule has 0 saturated heterocycles. The van der Waals surface area contributed by atoms with Crippen molar-refractivity contribution in [1.29, 1.82) is 0 Å². The van der Waals surface area contributed by atoms with Crippen LogP contribution in [-0.4, -0.2) is 9.55 Å². The minimum absolute atomic E-state index is 0.0984. The molecule has 0 N–H and O–H groups in total. The Morgan fingerprint density at radius 1 is 1.15 bits per heavy atom. The van der Waals surface area contributed by atoms with Gasteiger partial charge in [-0.3, -0.25) is 9.36 Å². The second kappa shape index (κ2) is 8.19. The second-order valence-electron chi connectivity index (χ2n) is 8.40. The van der Waals surface area contributed by atoms with Gasteiger partial charge in [-0.15, -0.1) is 11.3 Å². The highest BCUT2D eigenvalue weighted by Crippen LogP contribution is 2.27. The molecule has 0 amide bonds. The number of hydrogen-bond donors (Lipinski definition) is 0. The molecule has 0 unspecified atom stereocenters. The van der Waals surface area contributed by atoms with E-state index in [1.165, 1.54) is 22.5 Å². The maximum atomic E-state index is 12.9. The predicted octanol–water partition coefficient (Wildman–Crippen LogP) is 6.09. The fourth-order valence-corrected chi connectivity index (χ4v) is 4.63. The van der Waals surface area contributed by atoms with Crippen molar-refractivity contribution in [3.05, 3.63) is 57.2 Å². The van der Waals surface area contributed by atoms with Crippen molar-refractivity contribution in [2.45, 2.75) is 63.9 Å². The normalized spacial score (nSPS) is 12.2. The molecule has 0 saturated carbocycles. The summed E-state index contributed by atoms with van der Waals surface area (Å²) >= 11 is 3.14. The molecule has 144 valence electrons. The third kappa shape index (κ3) is 4.82. The van der Waals surface area contributed by atoms with Crippen molar-refractivity contribution in [3.63, 3.8) is 0 Å². The van der Waals surface area contributed by atoms with Crippen molar-refractivity contribution >= 4 is 33.3 Å². The number of benzene rings is 1. The van der Waals surface area contributed by atoms with E-state index in [2.05, 4.69) is 58.9 Å². The molecule has 0 aliphatic carbocycles. The maximum Gasteiger partial charge on any atom is 0.272 e. The maximum absolute atomic E-state index is 12.9. The first-order valence-corrected chi connectivity index (χ1v) is 11.3. The molecule has 27 heavy (non-hydrogen) atoms. The quantitative estimate of drug-likeness (QED) is 0.371. The lowest BCUT2D eigenvalue weighted by molar-refractivity contribution is 0.481. The Labute approximate surface area is 169 Å². The molecule has 0 radical (unpaired) electrons. The number of fused-ring (bicyclic) bond motifs is 1. The Kier molecular flexibility index (Phi) is 6.11. The Balaban J connectivity index is 1.85. The van der Waals surface area contributed by atoms with Crippen molar-refractivity contribution < 1.29 is 0 Å². The molecule has 0 aliphatic heterocycles. The average molecular weight is 401 g/mol. The molecule has 2 aromatic heterocycles. The molecule has 0 bridgehead atoms. The van der Waals surface area contributed by atoms with Gasteiger partial charge in [0, 0.05) is 12.3 Å². The summed E-state index contributed by atoms with van der Waals surface area (Å²) in [4.78, 5) is 17.7. The van der Waals surface area contributed by atoms with Crippen LogP contribution in [0, 0.1) is 5.92 Å². The summed E-state index contributed by atoms with van der Waals surface area (Å²) in [5.41, 5.74) is 3.66. The highest BCUT2D eigenvalue weighted by atomic mass is 32.2. The lowest BCUT2D eigenvalue weighted by Crippen LogP contribution is -2.23. The van der Waals surface area contributed by atoms with Gasteiger partial charge in [-0.25, -0.2) is 4.98 Å². The van der Waals surface area contributed by atoms with E-state index in [-0.39, 0.29) is 11.0 Å². The zero-order valence-electron chi connectivity index (χ0n) is 16.8. The molecule has 3 rings (SSSR count). The fourth-order valence-electron chi connectivity index (χ4n) is 2.87. The number of thiophene rings is 1. The third-order valence-electron chi connectivity index (χ3n) is 4.65. The number of nitrogens with zero attached hydrogens (tertiary/aromatic N) is 2. The first-order valence-electron chi connectivity index (χ1n) is 9.46. The zero-order chi connectivity index (χ0) is 19.6. The summed E-state index contributed by atoms with van der Waals surface area (Å²) in [5.74, 6) is 1.37. The smallest absolute Gasteiger partial charge is 0.272 e. The van der Waals surface area contributed by atoms with Crippen LogP contribution in [0.2, 0.25) is 0 Å². The number of thioether (sulfide) groups is 1. The van der Waals surface area contributed by atoms with Crippen molar-refractivity contribution in [2.75, 3.05) is 0 Å². The standard InChI is InChI=1S/C22H28N2OS2/c1-15(2)10-12-24-20(25)19-18(11-13-26-19)23-21(24)27-14-16-6-8-17(9-7-16)22(3,4)5/h6-9,11,13,15H,10,12,14H2,1-5H3. The molecule has 5 heteroatoms. The first-order chi connectivity index (χ1) is 12.8. The van der Waals surface area contributed by atoms with Gasteiger partial charge in [-0.1, -0.05) is 70.6 Å². The Morgan fingerprint density at radius 3 is 2.48 bits per heavy atom. The first kappa shape index (κ1) is 20.2. The molecule has 1 aromatic carbocycles. The van der Waals surface area contributed by atoms with Crippen molar-refractivity contribution in [3.8, 4) is 0 Å². The monoisotopic (exact) mass is 400 g/mol. The van der Waals surface area contributed by atoms with Gasteiger partial charge >= 0.3 is 0 Å². The Morgan fingerprint density at radius 2 is 1.85 bits per heavy atom. The van der Waals surface area contributed by atoms with Gasteiger partial charge in [0.25, 0.3) is 5.56 Å². The van der Waals surface area contributed by atoms with E-state index in [9.17, 15) is 4.79 Å². The molecule has 0 atom stereocenters. The van der Waals surface area contributed by atoms with Crippen LogP contribution in [0.15, 0.2) is 45.7 Å². The summed E-state index contributed by atoms with van der Waals surface area (Å²) < 4.78 is 2.63. The highest BCUT2D eigenvalue weighted by molar-refractivity contribution is 7.98. The summed E-state index contributed by atoms with van der Waals surface area (Å²) in [5, 5.41) is 2.78. The van der Waals surface area contributed by atoms with E-state index in [0.29, 0.717) is 5.92 Å². The van der Waals surface area contributed by atoms with Crippen LogP contribution in [0.5, 0.6) is 0 Å². The van der Waals surface area contributed by atoms with Crippen LogP contribution in [0.1, 0.15) is 52.2 Å². The van der Waals surface area contributed by atoms with Gasteiger partial charge in [0.05, 0.1) is 5.52 Å². The van der Waals surface area contributed by atoms with Crippen LogP contribution < -0.4 is 5.56 Å². The largest absolute Gasteiger partial charge is 0.286 e. The van der Waals surface area contributed by atoms with Gasteiger partial charge < -0.3 is 0 Å². The van der Waals surface area contributed by atoms with Crippen LogP contribution in [0.4, 0.5) is 0 Å². The lowest BCUT2D eigenvalue weighted by atomic mass is 9.87. The Hall–Kier alpha value is -1.59. The summed E-state index contributed by atoms with van der Waals surface area (Å²) in [6.45, 7) is 11.8. The van der Waals surface area contributed by atoms with Crippen LogP contribution in [0.25, 0.3) is 10.2 Å². The van der Waals surface area contributed by atoms with Gasteiger partial charge in [0.2, 0.25) is 0 Å². The minimum Gasteiger partial charge on any atom is -0.286 e. The lowest BCUT2D eigenvalue weighted by Gasteiger charge is -2.19. The number of hydrogen-bond acceptors (Lipinski definition) is 4. The van der Waals surface area contributed by atoms with E-state index < -0.39 is 0 Å². The van der Waals surface area contributed by atoms with E-state index in [4.69, 9.17) is 4.98 Å². The van der Waals surface area contributed by atoms with E-state index in [1.54, 1.807) is 11.8 Å². The van der Waals surface area contributed by atoms with Gasteiger partial charge in [0.1, 0.15) is 4.70 Å². The zero-order valence-corrected chi connectivity index (χ0v) is 18.4. The van der Waals surface area contributed by atoms with E-state index in [0.717, 1.165) is 34.1 Å². The molecule has 3 nitrogen and oxygen atoms in total. The molecular weight excluding hydrogens is 372 g/mol. The van der Waals surface area contributed by atoms with Crippen LogP contribution in [-0.2, 0) is 17.7 Å². The molecule has 0 spiro atoms. The van der Waals surface area contributed by atoms with Crippen LogP contribution >= 0.6 is 23.1 Å². The SMILES string of the molecule is CC(C)CCn1c(SCc2ccc(C(C)(C)C)cc2)nc2ccsc2c1=O. The fraction of sp³-hybridized carbons (Fsp3) is 0.455. The summed E-state index contributed by atoms with van der Waals surface area (Å²) in [6.07, 6.45) is 0.978. The number of aromatic nitrogens is 2. The van der Waals surface area contributed by atoms with Gasteiger partial charge in [-0.2, -0.15) is 0 Å².